The van der Waals surface area contributed by atoms with Gasteiger partial charge in [-0.05, 0) is 61.2 Å². The van der Waals surface area contributed by atoms with Crippen LogP contribution in [0.4, 0.5) is 4.39 Å². The molecule has 2 aromatic carbocycles. The minimum atomic E-state index is -0.379. The second-order valence-electron chi connectivity index (χ2n) is 7.12. The molecule has 0 saturated heterocycles. The summed E-state index contributed by atoms with van der Waals surface area (Å²) < 4.78 is 19.0. The molecule has 1 N–H and O–H groups in total. The molecular weight excluding hydrogens is 379 g/mol. The third-order valence-electron chi connectivity index (χ3n) is 5.23. The minimum absolute atomic E-state index is 0.0599. The van der Waals surface area contributed by atoms with Crippen LogP contribution in [-0.2, 0) is 16.8 Å². The van der Waals surface area contributed by atoms with Crippen molar-refractivity contribution in [2.75, 3.05) is 0 Å². The second-order valence-corrected chi connectivity index (χ2v) is 7.55. The average molecular weight is 399 g/mol. The Morgan fingerprint density at radius 3 is 2.50 bits per heavy atom. The lowest BCUT2D eigenvalue weighted by molar-refractivity contribution is -0.124. The van der Waals surface area contributed by atoms with Crippen molar-refractivity contribution in [2.45, 2.75) is 37.6 Å². The van der Waals surface area contributed by atoms with Gasteiger partial charge in [0.25, 0.3) is 0 Å². The molecule has 0 unspecified atom stereocenters. The number of carbonyl (C=O) groups is 1. The summed E-state index contributed by atoms with van der Waals surface area (Å²) in [7, 11) is 0. The Hall–Kier alpha value is -2.66. The van der Waals surface area contributed by atoms with Crippen LogP contribution in [0.2, 0.25) is 5.02 Å². The van der Waals surface area contributed by atoms with Crippen LogP contribution < -0.4 is 5.32 Å². The van der Waals surface area contributed by atoms with Crippen LogP contribution in [0.5, 0.6) is 0 Å². The maximum atomic E-state index is 13.2. The molecule has 4 nitrogen and oxygen atoms in total. The van der Waals surface area contributed by atoms with Gasteiger partial charge in [0.2, 0.25) is 5.91 Å². The number of carbonyl (C=O) groups excluding carboxylic acids is 1. The fourth-order valence-electron chi connectivity index (χ4n) is 3.51. The van der Waals surface area contributed by atoms with E-state index >= 15 is 0 Å². The van der Waals surface area contributed by atoms with Gasteiger partial charge < -0.3 is 9.73 Å². The monoisotopic (exact) mass is 398 g/mol. The van der Waals surface area contributed by atoms with E-state index in [0.717, 1.165) is 30.4 Å². The van der Waals surface area contributed by atoms with E-state index in [2.05, 4.69) is 10.3 Å². The predicted molar refractivity (Wildman–Crippen MR) is 105 cm³/mol. The maximum Gasteiger partial charge on any atom is 0.221 e. The summed E-state index contributed by atoms with van der Waals surface area (Å²) >= 11 is 5.90. The summed E-state index contributed by atoms with van der Waals surface area (Å²) in [6.07, 6.45) is 5.13. The molecule has 0 spiro atoms. The summed E-state index contributed by atoms with van der Waals surface area (Å²) in [5.74, 6) is 0.832. The van der Waals surface area contributed by atoms with E-state index in [9.17, 15) is 9.18 Å². The summed E-state index contributed by atoms with van der Waals surface area (Å²) in [6.45, 7) is 0. The number of oxazole rings is 1. The summed E-state index contributed by atoms with van der Waals surface area (Å²) in [5.41, 5.74) is 1.46. The largest absolute Gasteiger partial charge is 0.441 e. The Labute approximate surface area is 167 Å². The van der Waals surface area contributed by atoms with Crippen molar-refractivity contribution < 1.29 is 13.6 Å². The molecule has 0 bridgehead atoms. The predicted octanol–water partition coefficient (Wildman–Crippen LogP) is 5.26. The van der Waals surface area contributed by atoms with Crippen LogP contribution in [0.25, 0.3) is 11.3 Å². The third-order valence-corrected chi connectivity index (χ3v) is 5.48. The molecule has 0 radical (unpaired) electrons. The Bertz CT molecular complexity index is 963. The first-order valence-corrected chi connectivity index (χ1v) is 9.70. The number of nitrogens with one attached hydrogen (secondary N) is 1. The number of aryl methyl sites for hydroxylation is 1. The number of benzene rings is 2. The Balaban J connectivity index is 1.37. The zero-order valence-corrected chi connectivity index (χ0v) is 16.0. The first-order chi connectivity index (χ1) is 13.5. The normalized spacial score (nSPS) is 15.1. The van der Waals surface area contributed by atoms with Crippen LogP contribution in [0, 0.1) is 5.82 Å². The zero-order chi connectivity index (χ0) is 19.6. The number of aromatic nitrogens is 1. The van der Waals surface area contributed by atoms with E-state index in [-0.39, 0.29) is 23.7 Å². The molecule has 0 aliphatic heterocycles. The van der Waals surface area contributed by atoms with Gasteiger partial charge in [0.05, 0.1) is 11.7 Å². The second kappa shape index (κ2) is 7.76. The highest BCUT2D eigenvalue weighted by Crippen LogP contribution is 2.41. The number of nitrogens with zero attached hydrogens (tertiary/aromatic N) is 1. The lowest BCUT2D eigenvalue weighted by Gasteiger charge is -2.43. The van der Waals surface area contributed by atoms with Gasteiger partial charge in [-0.2, -0.15) is 0 Å². The van der Waals surface area contributed by atoms with Crippen molar-refractivity contribution in [3.8, 4) is 11.3 Å². The molecule has 1 aliphatic carbocycles. The number of amides is 1. The van der Waals surface area contributed by atoms with Crippen LogP contribution in [0.3, 0.4) is 0 Å². The highest BCUT2D eigenvalue weighted by atomic mass is 35.5. The quantitative estimate of drug-likeness (QED) is 0.616. The Morgan fingerprint density at radius 2 is 1.86 bits per heavy atom. The molecule has 1 aromatic heterocycles. The van der Waals surface area contributed by atoms with Crippen molar-refractivity contribution >= 4 is 17.5 Å². The number of hydrogen-bond donors (Lipinski definition) is 1. The Kier molecular flexibility index (Phi) is 5.18. The van der Waals surface area contributed by atoms with E-state index in [1.165, 1.54) is 12.1 Å². The van der Waals surface area contributed by atoms with Gasteiger partial charge >= 0.3 is 0 Å². The molecule has 4 rings (SSSR count). The molecule has 1 heterocycles. The van der Waals surface area contributed by atoms with Crippen molar-refractivity contribution in [2.24, 2.45) is 0 Å². The van der Waals surface area contributed by atoms with Crippen molar-refractivity contribution in [3.63, 3.8) is 0 Å². The van der Waals surface area contributed by atoms with Gasteiger partial charge in [-0.25, -0.2) is 9.37 Å². The number of halogens is 2. The van der Waals surface area contributed by atoms with Crippen molar-refractivity contribution in [3.05, 3.63) is 77.0 Å². The zero-order valence-electron chi connectivity index (χ0n) is 15.3. The smallest absolute Gasteiger partial charge is 0.221 e. The fourth-order valence-corrected chi connectivity index (χ4v) is 3.63. The highest BCUT2D eigenvalue weighted by molar-refractivity contribution is 6.30. The molecule has 1 amide bonds. The lowest BCUT2D eigenvalue weighted by Crippen LogP contribution is -2.50. The molecule has 0 atom stereocenters. The summed E-state index contributed by atoms with van der Waals surface area (Å²) in [5, 5.41) is 3.79. The highest BCUT2D eigenvalue weighted by Gasteiger charge is 2.39. The molecule has 144 valence electrons. The number of hydrogen-bond acceptors (Lipinski definition) is 3. The SMILES string of the molecule is O=C(CCc1ncc(-c2ccc(Cl)cc2)o1)NC1(c2ccc(F)cc2)CCC1. The molecule has 6 heteroatoms. The van der Waals surface area contributed by atoms with Gasteiger partial charge in [-0.3, -0.25) is 4.79 Å². The molecule has 1 aliphatic rings. The first kappa shape index (κ1) is 18.7. The van der Waals surface area contributed by atoms with E-state index in [1.807, 2.05) is 12.1 Å². The lowest BCUT2D eigenvalue weighted by atomic mass is 9.71. The van der Waals surface area contributed by atoms with Crippen LogP contribution in [0.1, 0.15) is 37.1 Å². The van der Waals surface area contributed by atoms with Gasteiger partial charge in [-0.1, -0.05) is 23.7 Å². The van der Waals surface area contributed by atoms with Gasteiger partial charge in [0.1, 0.15) is 5.82 Å². The van der Waals surface area contributed by atoms with Crippen molar-refractivity contribution in [1.29, 1.82) is 0 Å². The van der Waals surface area contributed by atoms with Crippen LogP contribution >= 0.6 is 11.6 Å². The number of rotatable bonds is 6. The topological polar surface area (TPSA) is 55.1 Å². The molecule has 3 aromatic rings. The third kappa shape index (κ3) is 3.94. The summed E-state index contributed by atoms with van der Waals surface area (Å²) in [4.78, 5) is 16.8. The van der Waals surface area contributed by atoms with E-state index < -0.39 is 0 Å². The first-order valence-electron chi connectivity index (χ1n) is 9.32. The van der Waals surface area contributed by atoms with Gasteiger partial charge in [-0.15, -0.1) is 0 Å². The fraction of sp³-hybridized carbons (Fsp3) is 0.273. The molecule has 1 fully saturated rings. The van der Waals surface area contributed by atoms with Gasteiger partial charge in [0, 0.05) is 23.4 Å². The van der Waals surface area contributed by atoms with Crippen LogP contribution in [0.15, 0.2) is 59.1 Å². The molecule has 28 heavy (non-hydrogen) atoms. The molecule has 1 saturated carbocycles. The minimum Gasteiger partial charge on any atom is -0.441 e. The van der Waals surface area contributed by atoms with Gasteiger partial charge in [0.15, 0.2) is 11.7 Å². The van der Waals surface area contributed by atoms with Crippen molar-refractivity contribution in [1.82, 2.24) is 10.3 Å². The van der Waals surface area contributed by atoms with Crippen LogP contribution in [-0.4, -0.2) is 10.9 Å². The van der Waals surface area contributed by atoms with E-state index in [4.69, 9.17) is 16.0 Å². The van der Waals surface area contributed by atoms with E-state index in [1.54, 1.807) is 30.5 Å². The maximum absolute atomic E-state index is 13.2. The average Bonchev–Trinajstić information content (AvgIpc) is 3.13. The molecular formula is C22H20ClFN2O2. The Morgan fingerprint density at radius 1 is 1.14 bits per heavy atom. The summed E-state index contributed by atoms with van der Waals surface area (Å²) in [6, 6.07) is 13.7. The standard InChI is InChI=1S/C22H20ClFN2O2/c23-17-6-2-15(3-7-17)19-14-25-21(28-19)11-10-20(27)26-22(12-1-13-22)16-4-8-18(24)9-5-16/h2-9,14H,1,10-13H2,(H,26,27). The van der Waals surface area contributed by atoms with E-state index in [0.29, 0.717) is 23.1 Å².